The molecule has 0 aliphatic carbocycles. The van der Waals surface area contributed by atoms with Crippen molar-refractivity contribution in [2.75, 3.05) is 5.32 Å². The second-order valence-corrected chi connectivity index (χ2v) is 4.91. The number of hydrogen-bond acceptors (Lipinski definition) is 3. The smallest absolute Gasteiger partial charge is 0.181 e. The molecule has 0 bridgehead atoms. The number of H-pyrrole nitrogens is 1. The molecule has 6 heteroatoms. The monoisotopic (exact) mass is 302 g/mol. The molecule has 0 saturated heterocycles. The number of nitrogens with one attached hydrogen (secondary N) is 2. The Kier molecular flexibility index (Phi) is 3.83. The van der Waals surface area contributed by atoms with Gasteiger partial charge < -0.3 is 5.32 Å². The topological polar surface area (TPSA) is 53.6 Å². The summed E-state index contributed by atoms with van der Waals surface area (Å²) in [6.07, 6.45) is 0. The number of benzene rings is 2. The SMILES string of the molecule is Fc1ccc(NCc2nc(-c3cccc(Cl)c3)n[nH]2)cc1. The first-order chi connectivity index (χ1) is 10.2. The molecule has 0 unspecified atom stereocenters. The Hall–Kier alpha value is -2.40. The number of aromatic nitrogens is 3. The summed E-state index contributed by atoms with van der Waals surface area (Å²) in [5.41, 5.74) is 1.67. The van der Waals surface area contributed by atoms with Crippen LogP contribution in [0.3, 0.4) is 0 Å². The Morgan fingerprint density at radius 1 is 1.14 bits per heavy atom. The first kappa shape index (κ1) is 13.6. The summed E-state index contributed by atoms with van der Waals surface area (Å²) in [6, 6.07) is 13.5. The predicted octanol–water partition coefficient (Wildman–Crippen LogP) is 3.88. The highest BCUT2D eigenvalue weighted by Gasteiger charge is 2.06. The fourth-order valence-corrected chi connectivity index (χ4v) is 2.07. The van der Waals surface area contributed by atoms with E-state index in [1.807, 2.05) is 18.2 Å². The molecular formula is C15H12ClFN4. The first-order valence-corrected chi connectivity index (χ1v) is 6.75. The predicted molar refractivity (Wildman–Crippen MR) is 80.6 cm³/mol. The Bertz CT molecular complexity index is 739. The molecule has 3 aromatic rings. The summed E-state index contributed by atoms with van der Waals surface area (Å²) < 4.78 is 12.8. The molecule has 2 aromatic carbocycles. The minimum Gasteiger partial charge on any atom is -0.378 e. The van der Waals surface area contributed by atoms with Gasteiger partial charge in [-0.05, 0) is 36.4 Å². The summed E-state index contributed by atoms with van der Waals surface area (Å²) >= 11 is 5.95. The average Bonchev–Trinajstić information content (AvgIpc) is 2.96. The highest BCUT2D eigenvalue weighted by molar-refractivity contribution is 6.30. The Morgan fingerprint density at radius 2 is 1.95 bits per heavy atom. The van der Waals surface area contributed by atoms with Gasteiger partial charge in [-0.1, -0.05) is 23.7 Å². The van der Waals surface area contributed by atoms with E-state index in [1.54, 1.807) is 18.2 Å². The highest BCUT2D eigenvalue weighted by Crippen LogP contribution is 2.19. The fourth-order valence-electron chi connectivity index (χ4n) is 1.88. The normalized spacial score (nSPS) is 10.6. The summed E-state index contributed by atoms with van der Waals surface area (Å²) in [7, 11) is 0. The van der Waals surface area contributed by atoms with E-state index in [0.717, 1.165) is 11.3 Å². The fraction of sp³-hybridized carbons (Fsp3) is 0.0667. The average molecular weight is 303 g/mol. The molecule has 0 atom stereocenters. The highest BCUT2D eigenvalue weighted by atomic mass is 35.5. The van der Waals surface area contributed by atoms with Crippen LogP contribution in [-0.2, 0) is 6.54 Å². The van der Waals surface area contributed by atoms with Crippen molar-refractivity contribution in [2.45, 2.75) is 6.54 Å². The summed E-state index contributed by atoms with van der Waals surface area (Å²) in [6.45, 7) is 0.471. The van der Waals surface area contributed by atoms with Crippen molar-refractivity contribution in [1.82, 2.24) is 15.2 Å². The molecule has 0 saturated carbocycles. The Balaban J connectivity index is 1.69. The van der Waals surface area contributed by atoms with Gasteiger partial charge in [0.15, 0.2) is 5.82 Å². The van der Waals surface area contributed by atoms with Gasteiger partial charge in [0.25, 0.3) is 0 Å². The molecular weight excluding hydrogens is 291 g/mol. The van der Waals surface area contributed by atoms with E-state index >= 15 is 0 Å². The summed E-state index contributed by atoms with van der Waals surface area (Å²) in [4.78, 5) is 4.39. The zero-order valence-electron chi connectivity index (χ0n) is 11.0. The van der Waals surface area contributed by atoms with Crippen molar-refractivity contribution in [1.29, 1.82) is 0 Å². The molecule has 0 amide bonds. The van der Waals surface area contributed by atoms with Crippen molar-refractivity contribution in [3.63, 3.8) is 0 Å². The lowest BCUT2D eigenvalue weighted by Gasteiger charge is -2.03. The van der Waals surface area contributed by atoms with Crippen LogP contribution in [-0.4, -0.2) is 15.2 Å². The van der Waals surface area contributed by atoms with E-state index in [9.17, 15) is 4.39 Å². The number of halogens is 2. The van der Waals surface area contributed by atoms with E-state index in [-0.39, 0.29) is 5.82 Å². The third-order valence-electron chi connectivity index (χ3n) is 2.92. The Morgan fingerprint density at radius 3 is 2.71 bits per heavy atom. The molecule has 0 radical (unpaired) electrons. The molecule has 106 valence electrons. The van der Waals surface area contributed by atoms with Gasteiger partial charge in [0.2, 0.25) is 0 Å². The maximum Gasteiger partial charge on any atom is 0.181 e. The van der Waals surface area contributed by atoms with Crippen molar-refractivity contribution in [3.05, 3.63) is 65.2 Å². The summed E-state index contributed by atoms with van der Waals surface area (Å²) in [5, 5.41) is 10.8. The van der Waals surface area contributed by atoms with Crippen LogP contribution in [0.15, 0.2) is 48.5 Å². The van der Waals surface area contributed by atoms with Gasteiger partial charge >= 0.3 is 0 Å². The van der Waals surface area contributed by atoms with Crippen molar-refractivity contribution in [2.24, 2.45) is 0 Å². The van der Waals surface area contributed by atoms with Gasteiger partial charge in [0.1, 0.15) is 11.6 Å². The van der Waals surface area contributed by atoms with E-state index in [2.05, 4.69) is 20.5 Å². The van der Waals surface area contributed by atoms with Crippen LogP contribution in [0, 0.1) is 5.82 Å². The molecule has 0 aliphatic heterocycles. The van der Waals surface area contributed by atoms with E-state index in [4.69, 9.17) is 11.6 Å². The van der Waals surface area contributed by atoms with Gasteiger partial charge in [0.05, 0.1) is 6.54 Å². The molecule has 0 aliphatic rings. The van der Waals surface area contributed by atoms with Crippen molar-refractivity contribution < 1.29 is 4.39 Å². The minimum absolute atomic E-state index is 0.261. The maximum atomic E-state index is 12.8. The molecule has 0 fully saturated rings. The summed E-state index contributed by atoms with van der Waals surface area (Å²) in [5.74, 6) is 1.02. The van der Waals surface area contributed by atoms with Gasteiger partial charge in [-0.3, -0.25) is 5.10 Å². The van der Waals surface area contributed by atoms with Crippen LogP contribution in [0.25, 0.3) is 11.4 Å². The van der Waals surface area contributed by atoms with Gasteiger partial charge in [0, 0.05) is 16.3 Å². The van der Waals surface area contributed by atoms with E-state index in [1.165, 1.54) is 12.1 Å². The van der Waals surface area contributed by atoms with E-state index in [0.29, 0.717) is 23.2 Å². The zero-order valence-corrected chi connectivity index (χ0v) is 11.7. The van der Waals surface area contributed by atoms with Crippen LogP contribution in [0.5, 0.6) is 0 Å². The van der Waals surface area contributed by atoms with Crippen molar-refractivity contribution >= 4 is 17.3 Å². The molecule has 3 rings (SSSR count). The van der Waals surface area contributed by atoms with Crippen LogP contribution >= 0.6 is 11.6 Å². The second kappa shape index (κ2) is 5.93. The third kappa shape index (κ3) is 3.38. The van der Waals surface area contributed by atoms with Crippen LogP contribution < -0.4 is 5.32 Å². The Labute approximate surface area is 126 Å². The van der Waals surface area contributed by atoms with E-state index < -0.39 is 0 Å². The molecule has 2 N–H and O–H groups in total. The van der Waals surface area contributed by atoms with Gasteiger partial charge in [-0.25, -0.2) is 9.37 Å². The standard InChI is InChI=1S/C15H12ClFN4/c16-11-3-1-2-10(8-11)15-19-14(20-21-15)9-18-13-6-4-12(17)5-7-13/h1-8,18H,9H2,(H,19,20,21). The molecule has 0 spiro atoms. The van der Waals surface area contributed by atoms with Gasteiger partial charge in [-0.2, -0.15) is 5.10 Å². The second-order valence-electron chi connectivity index (χ2n) is 4.48. The molecule has 4 nitrogen and oxygen atoms in total. The lowest BCUT2D eigenvalue weighted by atomic mass is 10.2. The number of hydrogen-bond donors (Lipinski definition) is 2. The number of rotatable bonds is 4. The van der Waals surface area contributed by atoms with Crippen molar-refractivity contribution in [3.8, 4) is 11.4 Å². The molecule has 1 heterocycles. The zero-order chi connectivity index (χ0) is 14.7. The number of nitrogens with zero attached hydrogens (tertiary/aromatic N) is 2. The number of anilines is 1. The van der Waals surface area contributed by atoms with Crippen LogP contribution in [0.1, 0.15) is 5.82 Å². The lowest BCUT2D eigenvalue weighted by molar-refractivity contribution is 0.628. The molecule has 1 aromatic heterocycles. The van der Waals surface area contributed by atoms with Crippen LogP contribution in [0.2, 0.25) is 5.02 Å². The lowest BCUT2D eigenvalue weighted by Crippen LogP contribution is -2.01. The quantitative estimate of drug-likeness (QED) is 0.769. The maximum absolute atomic E-state index is 12.8. The van der Waals surface area contributed by atoms with Crippen LogP contribution in [0.4, 0.5) is 10.1 Å². The minimum atomic E-state index is -0.261. The first-order valence-electron chi connectivity index (χ1n) is 6.37. The third-order valence-corrected chi connectivity index (χ3v) is 3.15. The molecule has 21 heavy (non-hydrogen) atoms. The van der Waals surface area contributed by atoms with Gasteiger partial charge in [-0.15, -0.1) is 0 Å². The number of aromatic amines is 1. The largest absolute Gasteiger partial charge is 0.378 e.